The molecule has 3 aliphatic rings. The van der Waals surface area contributed by atoms with E-state index in [1.807, 2.05) is 0 Å². The SMILES string of the molecule is O=C(CN1C(=O)[C@@H]2[C@H]3CC[C@@H](C3)[C@H]2C1=O)Nc1cccc(Cl)c1. The van der Waals surface area contributed by atoms with Crippen LogP contribution in [-0.2, 0) is 14.4 Å². The van der Waals surface area contributed by atoms with Gasteiger partial charge in [0, 0.05) is 10.7 Å². The Morgan fingerprint density at radius 1 is 1.17 bits per heavy atom. The Kier molecular flexibility index (Phi) is 3.41. The lowest BCUT2D eigenvalue weighted by Crippen LogP contribution is -2.39. The molecular formula is C17H17ClN2O3. The molecule has 2 bridgehead atoms. The Hall–Kier alpha value is -1.88. The molecule has 0 radical (unpaired) electrons. The predicted molar refractivity (Wildman–Crippen MR) is 84.6 cm³/mol. The van der Waals surface area contributed by atoms with Gasteiger partial charge in [-0.15, -0.1) is 0 Å². The van der Waals surface area contributed by atoms with E-state index in [1.54, 1.807) is 24.3 Å². The normalized spacial score (nSPS) is 31.6. The number of halogens is 1. The zero-order chi connectivity index (χ0) is 16.1. The van der Waals surface area contributed by atoms with Gasteiger partial charge in [0.2, 0.25) is 17.7 Å². The van der Waals surface area contributed by atoms with E-state index in [-0.39, 0.29) is 36.1 Å². The number of rotatable bonds is 3. The first-order valence-corrected chi connectivity index (χ1v) is 8.33. The topological polar surface area (TPSA) is 66.5 Å². The molecule has 1 saturated heterocycles. The molecule has 0 spiro atoms. The zero-order valence-corrected chi connectivity index (χ0v) is 13.3. The summed E-state index contributed by atoms with van der Waals surface area (Å²) in [4.78, 5) is 38.4. The van der Waals surface area contributed by atoms with Crippen LogP contribution in [0.1, 0.15) is 19.3 Å². The minimum Gasteiger partial charge on any atom is -0.324 e. The largest absolute Gasteiger partial charge is 0.324 e. The fourth-order valence-electron chi connectivity index (χ4n) is 4.54. The van der Waals surface area contributed by atoms with Crippen molar-refractivity contribution in [2.75, 3.05) is 11.9 Å². The first-order chi connectivity index (χ1) is 11.0. The molecule has 2 aliphatic carbocycles. The van der Waals surface area contributed by atoms with E-state index in [9.17, 15) is 14.4 Å². The summed E-state index contributed by atoms with van der Waals surface area (Å²) in [6, 6.07) is 6.78. The van der Waals surface area contributed by atoms with Crippen LogP contribution in [0.25, 0.3) is 0 Å². The van der Waals surface area contributed by atoms with Crippen molar-refractivity contribution < 1.29 is 14.4 Å². The van der Waals surface area contributed by atoms with Crippen molar-refractivity contribution in [1.82, 2.24) is 4.90 Å². The summed E-state index contributed by atoms with van der Waals surface area (Å²) in [6.07, 6.45) is 3.07. The number of likely N-dealkylation sites (tertiary alicyclic amines) is 1. The maximum absolute atomic E-state index is 12.5. The van der Waals surface area contributed by atoms with E-state index < -0.39 is 0 Å². The van der Waals surface area contributed by atoms with Crippen molar-refractivity contribution in [2.45, 2.75) is 19.3 Å². The van der Waals surface area contributed by atoms with Gasteiger partial charge in [-0.3, -0.25) is 19.3 Å². The minimum atomic E-state index is -0.374. The van der Waals surface area contributed by atoms with Crippen LogP contribution < -0.4 is 5.32 Å². The summed E-state index contributed by atoms with van der Waals surface area (Å²) in [5.74, 6) is -0.381. The molecule has 1 aromatic rings. The maximum Gasteiger partial charge on any atom is 0.244 e. The second kappa shape index (κ2) is 5.34. The van der Waals surface area contributed by atoms with E-state index in [4.69, 9.17) is 11.6 Å². The fraction of sp³-hybridized carbons (Fsp3) is 0.471. The summed E-state index contributed by atoms with van der Waals surface area (Å²) >= 11 is 5.88. The molecule has 23 heavy (non-hydrogen) atoms. The van der Waals surface area contributed by atoms with Crippen molar-refractivity contribution in [3.05, 3.63) is 29.3 Å². The molecule has 5 nitrogen and oxygen atoms in total. The Morgan fingerprint density at radius 3 is 2.43 bits per heavy atom. The highest BCUT2D eigenvalue weighted by Gasteiger charge is 2.60. The van der Waals surface area contributed by atoms with Gasteiger partial charge in [-0.05, 0) is 49.3 Å². The molecular weight excluding hydrogens is 316 g/mol. The molecule has 3 amide bonds. The average molecular weight is 333 g/mol. The number of carbonyl (C=O) groups is 3. The van der Waals surface area contributed by atoms with Crippen LogP contribution in [0.15, 0.2) is 24.3 Å². The molecule has 1 aromatic carbocycles. The lowest BCUT2D eigenvalue weighted by Gasteiger charge is -2.19. The Bertz CT molecular complexity index is 677. The molecule has 4 rings (SSSR count). The number of benzene rings is 1. The third-order valence-corrected chi connectivity index (χ3v) is 5.66. The van der Waals surface area contributed by atoms with Gasteiger partial charge in [-0.2, -0.15) is 0 Å². The van der Waals surface area contributed by atoms with Crippen LogP contribution in [-0.4, -0.2) is 29.2 Å². The Balaban J connectivity index is 1.46. The maximum atomic E-state index is 12.5. The Morgan fingerprint density at radius 2 is 1.83 bits per heavy atom. The van der Waals surface area contributed by atoms with Gasteiger partial charge in [0.05, 0.1) is 11.8 Å². The average Bonchev–Trinajstić information content (AvgIpc) is 3.17. The second-order valence-corrected chi connectivity index (χ2v) is 7.14. The van der Waals surface area contributed by atoms with Gasteiger partial charge in [0.25, 0.3) is 0 Å². The third-order valence-electron chi connectivity index (χ3n) is 5.43. The first kappa shape index (κ1) is 14.7. The fourth-order valence-corrected chi connectivity index (χ4v) is 4.73. The van der Waals surface area contributed by atoms with Crippen molar-refractivity contribution in [3.8, 4) is 0 Å². The van der Waals surface area contributed by atoms with Gasteiger partial charge in [0.15, 0.2) is 0 Å². The summed E-state index contributed by atoms with van der Waals surface area (Å²) in [6.45, 7) is -0.212. The van der Waals surface area contributed by atoms with Crippen molar-refractivity contribution in [1.29, 1.82) is 0 Å². The predicted octanol–water partition coefficient (Wildman–Crippen LogP) is 2.31. The van der Waals surface area contributed by atoms with Gasteiger partial charge in [-0.1, -0.05) is 17.7 Å². The van der Waals surface area contributed by atoms with Crippen molar-refractivity contribution >= 4 is 35.0 Å². The molecule has 1 N–H and O–H groups in total. The zero-order valence-electron chi connectivity index (χ0n) is 12.5. The molecule has 1 aliphatic heterocycles. The second-order valence-electron chi connectivity index (χ2n) is 6.71. The number of hydrogen-bond acceptors (Lipinski definition) is 3. The van der Waals surface area contributed by atoms with Crippen LogP contribution in [0, 0.1) is 23.7 Å². The van der Waals surface area contributed by atoms with Crippen LogP contribution in [0.4, 0.5) is 5.69 Å². The number of nitrogens with zero attached hydrogens (tertiary/aromatic N) is 1. The third kappa shape index (κ3) is 2.34. The molecule has 3 fully saturated rings. The lowest BCUT2D eigenvalue weighted by molar-refractivity contribution is -0.143. The number of nitrogens with one attached hydrogen (secondary N) is 1. The molecule has 6 heteroatoms. The number of amides is 3. The van der Waals surface area contributed by atoms with Gasteiger partial charge < -0.3 is 5.32 Å². The lowest BCUT2D eigenvalue weighted by atomic mass is 9.81. The van der Waals surface area contributed by atoms with E-state index in [0.717, 1.165) is 24.2 Å². The quantitative estimate of drug-likeness (QED) is 0.864. The monoisotopic (exact) mass is 332 g/mol. The number of anilines is 1. The van der Waals surface area contributed by atoms with E-state index in [0.29, 0.717) is 22.5 Å². The van der Waals surface area contributed by atoms with Crippen molar-refractivity contribution in [3.63, 3.8) is 0 Å². The smallest absolute Gasteiger partial charge is 0.244 e. The molecule has 4 atom stereocenters. The molecule has 120 valence electrons. The summed E-state index contributed by atoms with van der Waals surface area (Å²) in [5, 5.41) is 3.20. The number of hydrogen-bond donors (Lipinski definition) is 1. The first-order valence-electron chi connectivity index (χ1n) is 7.95. The summed E-state index contributed by atoms with van der Waals surface area (Å²) in [7, 11) is 0. The van der Waals surface area contributed by atoms with Crippen LogP contribution >= 0.6 is 11.6 Å². The molecule has 0 aromatic heterocycles. The highest BCUT2D eigenvalue weighted by atomic mass is 35.5. The van der Waals surface area contributed by atoms with Gasteiger partial charge in [-0.25, -0.2) is 0 Å². The highest BCUT2D eigenvalue weighted by Crippen LogP contribution is 2.56. The van der Waals surface area contributed by atoms with E-state index >= 15 is 0 Å². The molecule has 0 unspecified atom stereocenters. The van der Waals surface area contributed by atoms with E-state index in [1.165, 1.54) is 0 Å². The number of fused-ring (bicyclic) bond motifs is 5. The number of imide groups is 1. The number of carbonyl (C=O) groups excluding carboxylic acids is 3. The van der Waals surface area contributed by atoms with Crippen LogP contribution in [0.3, 0.4) is 0 Å². The highest BCUT2D eigenvalue weighted by molar-refractivity contribution is 6.30. The minimum absolute atomic E-state index is 0.159. The van der Waals surface area contributed by atoms with Crippen molar-refractivity contribution in [2.24, 2.45) is 23.7 Å². The summed E-state index contributed by atoms with van der Waals surface area (Å²) in [5.41, 5.74) is 0.557. The molecule has 1 heterocycles. The van der Waals surface area contributed by atoms with Gasteiger partial charge >= 0.3 is 0 Å². The van der Waals surface area contributed by atoms with Gasteiger partial charge in [0.1, 0.15) is 6.54 Å². The Labute approximate surface area is 139 Å². The summed E-state index contributed by atoms with van der Waals surface area (Å²) < 4.78 is 0. The van der Waals surface area contributed by atoms with Crippen LogP contribution in [0.5, 0.6) is 0 Å². The standard InChI is InChI=1S/C17H17ClN2O3/c18-11-2-1-3-12(7-11)19-13(21)8-20-16(22)14-9-4-5-10(6-9)15(14)17(20)23/h1-3,7,9-10,14-15H,4-6,8H2,(H,19,21)/t9-,10-,14+,15+/m0/s1. The molecule has 2 saturated carbocycles. The van der Waals surface area contributed by atoms with E-state index in [2.05, 4.69) is 5.32 Å². The van der Waals surface area contributed by atoms with Crippen LogP contribution in [0.2, 0.25) is 5.02 Å².